The molecule has 2 aromatic carbocycles. The van der Waals surface area contributed by atoms with Crippen molar-refractivity contribution in [2.45, 2.75) is 60.8 Å². The standard InChI is InChI=1S/C22H28N2O3S2/c1-28-20-13-15-21(16-14-20)29(26,27)24-19-11-9-17(10-12-19)22(25)23-18-7-5-3-2-4-6-8-18/h9-16,18,24H,2-8H2,1H3,(H,23,25). The molecule has 0 unspecified atom stereocenters. The summed E-state index contributed by atoms with van der Waals surface area (Å²) in [5.74, 6) is -0.0994. The Hall–Kier alpha value is -1.99. The molecule has 156 valence electrons. The molecule has 1 amide bonds. The highest BCUT2D eigenvalue weighted by atomic mass is 32.2. The molecule has 0 radical (unpaired) electrons. The molecule has 2 aromatic rings. The van der Waals surface area contributed by atoms with Crippen LogP contribution in [0.15, 0.2) is 58.3 Å². The molecule has 1 fully saturated rings. The summed E-state index contributed by atoms with van der Waals surface area (Å²) in [5, 5.41) is 3.13. The van der Waals surface area contributed by atoms with E-state index in [2.05, 4.69) is 10.0 Å². The van der Waals surface area contributed by atoms with Crippen molar-refractivity contribution in [3.63, 3.8) is 0 Å². The highest BCUT2D eigenvalue weighted by Crippen LogP contribution is 2.21. The van der Waals surface area contributed by atoms with Gasteiger partial charge in [0, 0.05) is 22.2 Å². The summed E-state index contributed by atoms with van der Waals surface area (Å²) >= 11 is 1.56. The Balaban J connectivity index is 1.62. The average molecular weight is 433 g/mol. The van der Waals surface area contributed by atoms with Crippen LogP contribution in [-0.2, 0) is 10.0 Å². The molecule has 0 atom stereocenters. The molecule has 29 heavy (non-hydrogen) atoms. The predicted molar refractivity (Wildman–Crippen MR) is 119 cm³/mol. The van der Waals surface area contributed by atoms with E-state index in [-0.39, 0.29) is 16.8 Å². The van der Waals surface area contributed by atoms with E-state index < -0.39 is 10.0 Å². The van der Waals surface area contributed by atoms with E-state index in [0.717, 1.165) is 30.6 Å². The first-order valence-corrected chi connectivity index (χ1v) is 12.8. The largest absolute Gasteiger partial charge is 0.349 e. The Morgan fingerprint density at radius 2 is 1.48 bits per heavy atom. The monoisotopic (exact) mass is 432 g/mol. The number of amides is 1. The maximum atomic E-state index is 12.5. The van der Waals surface area contributed by atoms with E-state index in [4.69, 9.17) is 0 Å². The third kappa shape index (κ3) is 6.24. The van der Waals surface area contributed by atoms with Gasteiger partial charge in [0.1, 0.15) is 0 Å². The molecule has 0 aromatic heterocycles. The Morgan fingerprint density at radius 1 is 0.897 bits per heavy atom. The van der Waals surface area contributed by atoms with Crippen LogP contribution >= 0.6 is 11.8 Å². The van der Waals surface area contributed by atoms with Gasteiger partial charge in [0.05, 0.1) is 4.90 Å². The van der Waals surface area contributed by atoms with Gasteiger partial charge < -0.3 is 5.32 Å². The van der Waals surface area contributed by atoms with Crippen LogP contribution in [0.5, 0.6) is 0 Å². The lowest BCUT2D eigenvalue weighted by Crippen LogP contribution is -2.35. The van der Waals surface area contributed by atoms with E-state index in [9.17, 15) is 13.2 Å². The number of benzene rings is 2. The van der Waals surface area contributed by atoms with Crippen molar-refractivity contribution in [1.29, 1.82) is 0 Å². The lowest BCUT2D eigenvalue weighted by molar-refractivity contribution is 0.0930. The van der Waals surface area contributed by atoms with Gasteiger partial charge in [-0.1, -0.05) is 32.1 Å². The summed E-state index contributed by atoms with van der Waals surface area (Å²) in [5.41, 5.74) is 0.973. The van der Waals surface area contributed by atoms with Gasteiger partial charge in [-0.25, -0.2) is 8.42 Å². The van der Waals surface area contributed by atoms with E-state index in [1.54, 1.807) is 60.3 Å². The number of carbonyl (C=O) groups is 1. The van der Waals surface area contributed by atoms with Crippen LogP contribution in [0.1, 0.15) is 55.3 Å². The van der Waals surface area contributed by atoms with Crippen LogP contribution in [0, 0.1) is 0 Å². The zero-order chi connectivity index (χ0) is 20.7. The van der Waals surface area contributed by atoms with Crippen molar-refractivity contribution in [3.8, 4) is 0 Å². The van der Waals surface area contributed by atoms with Gasteiger partial charge in [0.2, 0.25) is 0 Å². The molecular formula is C22H28N2O3S2. The molecule has 5 nitrogen and oxygen atoms in total. The van der Waals surface area contributed by atoms with E-state index in [1.165, 1.54) is 19.3 Å². The van der Waals surface area contributed by atoms with Crippen molar-refractivity contribution < 1.29 is 13.2 Å². The van der Waals surface area contributed by atoms with Crippen LogP contribution in [0.4, 0.5) is 5.69 Å². The number of carbonyl (C=O) groups excluding carboxylic acids is 1. The summed E-state index contributed by atoms with van der Waals surface area (Å²) < 4.78 is 27.7. The second kappa shape index (κ2) is 10.2. The van der Waals surface area contributed by atoms with Gasteiger partial charge in [-0.2, -0.15) is 0 Å². The fourth-order valence-corrected chi connectivity index (χ4v) is 4.99. The molecule has 0 saturated heterocycles. The normalized spacial score (nSPS) is 15.9. The third-order valence-corrected chi connectivity index (χ3v) is 7.35. The number of thioether (sulfide) groups is 1. The molecule has 7 heteroatoms. The number of rotatable bonds is 6. The second-order valence-corrected chi connectivity index (χ2v) is 9.94. The van der Waals surface area contributed by atoms with Crippen molar-refractivity contribution >= 4 is 33.4 Å². The molecule has 0 bridgehead atoms. The summed E-state index contributed by atoms with van der Waals surface area (Å²) in [6.45, 7) is 0. The van der Waals surface area contributed by atoms with E-state index >= 15 is 0 Å². The number of hydrogen-bond donors (Lipinski definition) is 2. The van der Waals surface area contributed by atoms with E-state index in [1.807, 2.05) is 6.26 Å². The lowest BCUT2D eigenvalue weighted by atomic mass is 9.96. The van der Waals surface area contributed by atoms with Gasteiger partial charge in [0.25, 0.3) is 15.9 Å². The third-order valence-electron chi connectivity index (χ3n) is 5.21. The smallest absolute Gasteiger partial charge is 0.261 e. The molecule has 1 aliphatic rings. The van der Waals surface area contributed by atoms with Gasteiger partial charge in [-0.15, -0.1) is 11.8 Å². The summed E-state index contributed by atoms with van der Waals surface area (Å²) in [6.07, 6.45) is 10.1. The molecule has 0 aliphatic heterocycles. The minimum atomic E-state index is -3.66. The van der Waals surface area contributed by atoms with Crippen molar-refractivity contribution in [3.05, 3.63) is 54.1 Å². The van der Waals surface area contributed by atoms with Gasteiger partial charge in [0.15, 0.2) is 0 Å². The van der Waals surface area contributed by atoms with Crippen molar-refractivity contribution in [2.75, 3.05) is 11.0 Å². The molecular weight excluding hydrogens is 404 g/mol. The highest BCUT2D eigenvalue weighted by Gasteiger charge is 2.17. The van der Waals surface area contributed by atoms with E-state index in [0.29, 0.717) is 11.3 Å². The Kier molecular flexibility index (Phi) is 7.61. The minimum absolute atomic E-state index is 0.0994. The number of sulfonamides is 1. The maximum Gasteiger partial charge on any atom is 0.261 e. The zero-order valence-corrected chi connectivity index (χ0v) is 18.3. The van der Waals surface area contributed by atoms with Crippen molar-refractivity contribution in [1.82, 2.24) is 5.32 Å². The first-order chi connectivity index (χ1) is 14.0. The van der Waals surface area contributed by atoms with Gasteiger partial charge >= 0.3 is 0 Å². The summed E-state index contributed by atoms with van der Waals surface area (Å²) in [6, 6.07) is 13.5. The Bertz CT molecular complexity index is 902. The van der Waals surface area contributed by atoms with Crippen LogP contribution in [0.2, 0.25) is 0 Å². The second-order valence-electron chi connectivity index (χ2n) is 7.37. The topological polar surface area (TPSA) is 75.3 Å². The van der Waals surface area contributed by atoms with Crippen molar-refractivity contribution in [2.24, 2.45) is 0 Å². The Labute approximate surface area is 177 Å². The molecule has 1 aliphatic carbocycles. The number of nitrogens with one attached hydrogen (secondary N) is 2. The molecule has 0 spiro atoms. The first-order valence-electron chi connectivity index (χ1n) is 10.1. The zero-order valence-electron chi connectivity index (χ0n) is 16.7. The number of anilines is 1. The number of hydrogen-bond acceptors (Lipinski definition) is 4. The molecule has 0 heterocycles. The predicted octanol–water partition coefficient (Wildman–Crippen LogP) is 5.05. The maximum absolute atomic E-state index is 12.5. The van der Waals surface area contributed by atoms with Gasteiger partial charge in [-0.3, -0.25) is 9.52 Å². The van der Waals surface area contributed by atoms with Crippen LogP contribution in [0.25, 0.3) is 0 Å². The minimum Gasteiger partial charge on any atom is -0.349 e. The van der Waals surface area contributed by atoms with Crippen LogP contribution in [-0.4, -0.2) is 26.6 Å². The fraction of sp³-hybridized carbons (Fsp3) is 0.409. The SMILES string of the molecule is CSc1ccc(S(=O)(=O)Nc2ccc(C(=O)NC3CCCCCCC3)cc2)cc1. The summed E-state index contributed by atoms with van der Waals surface area (Å²) in [4.78, 5) is 13.8. The fourth-order valence-electron chi connectivity index (χ4n) is 3.53. The summed E-state index contributed by atoms with van der Waals surface area (Å²) in [7, 11) is -3.66. The quantitative estimate of drug-likeness (QED) is 0.626. The van der Waals surface area contributed by atoms with Crippen LogP contribution < -0.4 is 10.0 Å². The molecule has 3 rings (SSSR count). The lowest BCUT2D eigenvalue weighted by Gasteiger charge is -2.21. The van der Waals surface area contributed by atoms with Gasteiger partial charge in [-0.05, 0) is 67.6 Å². The first kappa shape index (κ1) is 21.7. The highest BCUT2D eigenvalue weighted by molar-refractivity contribution is 7.98. The molecule has 2 N–H and O–H groups in total. The Morgan fingerprint density at radius 3 is 2.07 bits per heavy atom. The van der Waals surface area contributed by atoms with Crippen LogP contribution in [0.3, 0.4) is 0 Å². The molecule has 1 saturated carbocycles. The average Bonchev–Trinajstić information content (AvgIpc) is 2.70.